The molecule has 1 aromatic carbocycles. The van der Waals surface area contributed by atoms with Crippen LogP contribution in [0.15, 0.2) is 34.0 Å². The van der Waals surface area contributed by atoms with Gasteiger partial charge in [0.1, 0.15) is 17.8 Å². The summed E-state index contributed by atoms with van der Waals surface area (Å²) in [6, 6.07) is 3.71. The van der Waals surface area contributed by atoms with Crippen LogP contribution in [-0.2, 0) is 17.2 Å². The summed E-state index contributed by atoms with van der Waals surface area (Å²) in [7, 11) is 1.25. The van der Waals surface area contributed by atoms with Gasteiger partial charge in [-0.3, -0.25) is 14.6 Å². The van der Waals surface area contributed by atoms with Gasteiger partial charge in [-0.05, 0) is 17.7 Å². The Kier molecular flexibility index (Phi) is 6.76. The van der Waals surface area contributed by atoms with E-state index < -0.39 is 59.7 Å². The Balaban J connectivity index is 2.15. The van der Waals surface area contributed by atoms with Crippen LogP contribution in [-0.4, -0.2) is 82.9 Å². The van der Waals surface area contributed by atoms with Crippen LogP contribution in [0.5, 0.6) is 11.5 Å². The predicted octanol–water partition coefficient (Wildman–Crippen LogP) is -3.20. The molecule has 2 heterocycles. The summed E-state index contributed by atoms with van der Waals surface area (Å²) in [6.45, 7) is -1.72. The molecular weight excluding hydrogens is 467 g/mol. The molecule has 16 heteroatoms. The molecule has 1 aliphatic heterocycles. The number of aliphatic hydroxyl groups is 4. The highest BCUT2D eigenvalue weighted by Crippen LogP contribution is 2.43. The van der Waals surface area contributed by atoms with E-state index in [1.807, 2.05) is 0 Å². The first kappa shape index (κ1) is 25.2. The van der Waals surface area contributed by atoms with E-state index in [0.717, 1.165) is 0 Å². The van der Waals surface area contributed by atoms with Crippen molar-refractivity contribution in [1.29, 1.82) is 0 Å². The number of ether oxygens (including phenoxy) is 2. The lowest BCUT2D eigenvalue weighted by Crippen LogP contribution is -2.68. The Labute approximate surface area is 188 Å². The molecule has 0 radical (unpaired) electrons. The number of rotatable bonds is 7. The van der Waals surface area contributed by atoms with Crippen molar-refractivity contribution in [2.45, 2.75) is 30.4 Å². The van der Waals surface area contributed by atoms with Crippen LogP contribution in [0.25, 0.3) is 0 Å². The molecule has 4 atom stereocenters. The standard InChI is InChI=1S/C18H21FN4O11/c1-33-11-4-8(2-3-10(11)25)5-23(32)17(30)13(26)12(7-24)34-18(17,31)22-6-9(15(28)21-19)14(27)20-16(22)29/h2-4,6,12-13,24-26,30-32H,5,7H2,1H3,(H,21,28)(H,20,27,29)/t12-,13-,17-,18+/m1/s1. The summed E-state index contributed by atoms with van der Waals surface area (Å²) >= 11 is 0. The molecule has 0 unspecified atom stereocenters. The normalized spacial score (nSPS) is 26.6. The van der Waals surface area contributed by atoms with Crippen molar-refractivity contribution in [2.24, 2.45) is 0 Å². The number of hydroxylamine groups is 2. The smallest absolute Gasteiger partial charge is 0.332 e. The van der Waals surface area contributed by atoms with Gasteiger partial charge in [-0.25, -0.2) is 9.36 Å². The Morgan fingerprint density at radius 1 is 1.38 bits per heavy atom. The van der Waals surface area contributed by atoms with Gasteiger partial charge in [0.15, 0.2) is 11.5 Å². The molecule has 1 aliphatic rings. The topological polar surface area (TPSA) is 227 Å². The van der Waals surface area contributed by atoms with Crippen LogP contribution in [0, 0.1) is 0 Å². The van der Waals surface area contributed by atoms with Crippen LogP contribution >= 0.6 is 0 Å². The monoisotopic (exact) mass is 488 g/mol. The number of carbonyl (C=O) groups is 1. The van der Waals surface area contributed by atoms with Crippen molar-refractivity contribution in [3.63, 3.8) is 0 Å². The summed E-state index contributed by atoms with van der Waals surface area (Å²) in [5.41, 5.74) is -6.42. The fraction of sp³-hybridized carbons (Fsp3) is 0.389. The molecule has 1 aromatic heterocycles. The molecule has 1 saturated heterocycles. The Bertz CT molecular complexity index is 1200. The zero-order valence-corrected chi connectivity index (χ0v) is 17.4. The molecule has 15 nitrogen and oxygen atoms in total. The second-order valence-corrected chi connectivity index (χ2v) is 7.28. The quantitative estimate of drug-likeness (QED) is 0.109. The molecule has 2 aromatic rings. The third-order valence-electron chi connectivity index (χ3n) is 5.31. The Hall–Kier alpha value is -3.38. The van der Waals surface area contributed by atoms with Gasteiger partial charge in [0.25, 0.3) is 11.5 Å². The van der Waals surface area contributed by atoms with Crippen molar-refractivity contribution in [3.8, 4) is 11.5 Å². The van der Waals surface area contributed by atoms with E-state index in [1.54, 1.807) is 4.98 Å². The molecule has 1 fully saturated rings. The number of hydrogen-bond acceptors (Lipinski definition) is 12. The SMILES string of the molecule is COc1cc(CN(O)[C@@]2(O)[C@H](O)[C@@H](CO)O[C@]2(O)n2cc(C(=O)NF)c(=O)[nH]c2=O)ccc1O. The van der Waals surface area contributed by atoms with E-state index in [4.69, 9.17) is 9.47 Å². The minimum Gasteiger partial charge on any atom is -0.504 e. The number of nitrogens with one attached hydrogen (secondary N) is 2. The van der Waals surface area contributed by atoms with E-state index in [9.17, 15) is 49.6 Å². The number of aromatic amines is 1. The Morgan fingerprint density at radius 2 is 2.06 bits per heavy atom. The van der Waals surface area contributed by atoms with Crippen LogP contribution in [0.2, 0.25) is 0 Å². The number of amides is 1. The zero-order valence-electron chi connectivity index (χ0n) is 17.4. The summed E-state index contributed by atoms with van der Waals surface area (Å²) in [6.07, 6.45) is -3.76. The van der Waals surface area contributed by atoms with Crippen LogP contribution in [0.4, 0.5) is 4.48 Å². The fourth-order valence-electron chi connectivity index (χ4n) is 3.53. The molecule has 0 bridgehead atoms. The minimum atomic E-state index is -3.44. The van der Waals surface area contributed by atoms with Crippen LogP contribution < -0.4 is 21.5 Å². The molecule has 34 heavy (non-hydrogen) atoms. The molecule has 0 saturated carbocycles. The van der Waals surface area contributed by atoms with E-state index in [1.165, 1.54) is 25.3 Å². The summed E-state index contributed by atoms with van der Waals surface area (Å²) < 4.78 is 22.7. The summed E-state index contributed by atoms with van der Waals surface area (Å²) in [4.78, 5) is 37.5. The van der Waals surface area contributed by atoms with Gasteiger partial charge in [-0.1, -0.05) is 10.5 Å². The summed E-state index contributed by atoms with van der Waals surface area (Å²) in [5.74, 6) is -5.35. The number of halogens is 1. The number of H-pyrrole nitrogens is 1. The number of benzene rings is 1. The van der Waals surface area contributed by atoms with E-state index in [-0.39, 0.29) is 26.7 Å². The molecule has 0 spiro atoms. The number of aromatic hydroxyl groups is 1. The number of aliphatic hydroxyl groups excluding tert-OH is 2. The van der Waals surface area contributed by atoms with E-state index in [0.29, 0.717) is 11.7 Å². The average molecular weight is 488 g/mol. The summed E-state index contributed by atoms with van der Waals surface area (Å²) in [5, 5.41) is 62.9. The first-order valence-electron chi connectivity index (χ1n) is 9.45. The third-order valence-corrected chi connectivity index (χ3v) is 5.31. The van der Waals surface area contributed by atoms with Gasteiger partial charge >= 0.3 is 11.6 Å². The molecule has 186 valence electrons. The second-order valence-electron chi connectivity index (χ2n) is 7.28. The number of hydrogen-bond donors (Lipinski definition) is 8. The lowest BCUT2D eigenvalue weighted by Gasteiger charge is -2.42. The molecule has 0 aliphatic carbocycles. The number of carbonyl (C=O) groups excluding carboxylic acids is 1. The fourth-order valence-corrected chi connectivity index (χ4v) is 3.53. The highest BCUT2D eigenvalue weighted by atomic mass is 19.2. The molecular formula is C18H21FN4O11. The van der Waals surface area contributed by atoms with Gasteiger partial charge in [0.05, 0.1) is 20.3 Å². The van der Waals surface area contributed by atoms with Crippen molar-refractivity contribution in [2.75, 3.05) is 13.7 Å². The van der Waals surface area contributed by atoms with Gasteiger partial charge in [-0.15, -0.1) is 5.06 Å². The lowest BCUT2D eigenvalue weighted by atomic mass is 10.00. The number of methoxy groups -OCH3 is 1. The van der Waals surface area contributed by atoms with Gasteiger partial charge < -0.3 is 40.2 Å². The maximum absolute atomic E-state index is 12.6. The first-order valence-corrected chi connectivity index (χ1v) is 9.45. The largest absolute Gasteiger partial charge is 0.504 e. The van der Waals surface area contributed by atoms with Crippen LogP contribution in [0.3, 0.4) is 0 Å². The minimum absolute atomic E-state index is 0.0247. The average Bonchev–Trinajstić information content (AvgIpc) is 3.01. The van der Waals surface area contributed by atoms with Crippen molar-refractivity contribution in [1.82, 2.24) is 20.2 Å². The van der Waals surface area contributed by atoms with Gasteiger partial charge in [0, 0.05) is 6.20 Å². The van der Waals surface area contributed by atoms with Crippen molar-refractivity contribution in [3.05, 3.63) is 56.4 Å². The maximum Gasteiger partial charge on any atom is 0.332 e. The molecule has 8 N–H and O–H groups in total. The number of phenolic OH excluding ortho intramolecular Hbond substituents is 1. The zero-order chi connectivity index (χ0) is 25.4. The van der Waals surface area contributed by atoms with Gasteiger partial charge in [-0.2, -0.15) is 5.54 Å². The predicted molar refractivity (Wildman–Crippen MR) is 105 cm³/mol. The lowest BCUT2D eigenvalue weighted by molar-refractivity contribution is -0.413. The van der Waals surface area contributed by atoms with Crippen LogP contribution in [0.1, 0.15) is 15.9 Å². The second kappa shape index (κ2) is 9.11. The maximum atomic E-state index is 12.6. The van der Waals surface area contributed by atoms with Gasteiger partial charge in [0.2, 0.25) is 5.72 Å². The van der Waals surface area contributed by atoms with E-state index in [2.05, 4.69) is 0 Å². The number of phenols is 1. The van der Waals surface area contributed by atoms with E-state index >= 15 is 0 Å². The molecule has 3 rings (SSSR count). The number of aromatic nitrogens is 2. The Morgan fingerprint density at radius 3 is 2.65 bits per heavy atom. The highest BCUT2D eigenvalue weighted by Gasteiger charge is 2.70. The third kappa shape index (κ3) is 3.82. The number of nitrogens with zero attached hydrogens (tertiary/aromatic N) is 2. The first-order chi connectivity index (χ1) is 15.9. The highest BCUT2D eigenvalue weighted by molar-refractivity contribution is 5.92. The molecule has 1 amide bonds. The van der Waals surface area contributed by atoms with Crippen molar-refractivity contribution < 1.29 is 49.5 Å². The van der Waals surface area contributed by atoms with Crippen molar-refractivity contribution >= 4 is 5.91 Å².